The number of hydrogen-bond donors (Lipinski definition) is 0. The molecule has 0 saturated heterocycles. The summed E-state index contributed by atoms with van der Waals surface area (Å²) in [6, 6.07) is 9.13. The summed E-state index contributed by atoms with van der Waals surface area (Å²) in [4.78, 5) is 4.48. The van der Waals surface area contributed by atoms with Gasteiger partial charge in [-0.3, -0.25) is 4.99 Å². The molecule has 1 aromatic rings. The van der Waals surface area contributed by atoms with E-state index in [1.165, 1.54) is 17.5 Å². The molecule has 2 heteroatoms. The molecule has 1 heterocycles. The largest absolute Gasteiger partial charge is 0.277 e. The second-order valence-electron chi connectivity index (χ2n) is 3.28. The van der Waals surface area contributed by atoms with Gasteiger partial charge in [0.05, 0.1) is 11.6 Å². The lowest BCUT2D eigenvalue weighted by Gasteiger charge is -2.04. The maximum absolute atomic E-state index is 4.48. The standard InChI is InChI=1S/C10H9NS/c1-2-4-8-7(3-1)5-9-10(8)11-6-12-9/h1-4,6,9-10H,5H2. The molecule has 1 aliphatic carbocycles. The van der Waals surface area contributed by atoms with Crippen LogP contribution in [0.4, 0.5) is 0 Å². The average molecular weight is 175 g/mol. The van der Waals surface area contributed by atoms with Crippen LogP contribution in [0.3, 0.4) is 0 Å². The molecule has 1 aliphatic heterocycles. The number of benzene rings is 1. The van der Waals surface area contributed by atoms with Gasteiger partial charge in [-0.25, -0.2) is 0 Å². The number of hydrogen-bond acceptors (Lipinski definition) is 2. The zero-order valence-electron chi connectivity index (χ0n) is 6.60. The first kappa shape index (κ1) is 6.72. The Bertz CT molecular complexity index is 345. The Morgan fingerprint density at radius 3 is 3.25 bits per heavy atom. The van der Waals surface area contributed by atoms with Gasteiger partial charge in [-0.2, -0.15) is 0 Å². The van der Waals surface area contributed by atoms with Crippen molar-refractivity contribution in [1.29, 1.82) is 0 Å². The Kier molecular flexibility index (Phi) is 1.32. The molecule has 0 fully saturated rings. The number of fused-ring (bicyclic) bond motifs is 3. The SMILES string of the molecule is C1=NC2c3ccccc3CC2S1. The van der Waals surface area contributed by atoms with Crippen LogP contribution in [-0.2, 0) is 6.42 Å². The molecular weight excluding hydrogens is 166 g/mol. The molecule has 60 valence electrons. The molecule has 0 amide bonds. The third-order valence-electron chi connectivity index (χ3n) is 2.60. The molecule has 2 atom stereocenters. The summed E-state index contributed by atoms with van der Waals surface area (Å²) in [7, 11) is 0. The molecule has 0 spiro atoms. The van der Waals surface area contributed by atoms with Gasteiger partial charge in [0.1, 0.15) is 0 Å². The van der Waals surface area contributed by atoms with Crippen LogP contribution in [0.1, 0.15) is 17.2 Å². The minimum Gasteiger partial charge on any atom is -0.277 e. The van der Waals surface area contributed by atoms with E-state index in [1.54, 1.807) is 0 Å². The molecule has 0 saturated carbocycles. The number of thioether (sulfide) groups is 1. The lowest BCUT2D eigenvalue weighted by Crippen LogP contribution is -2.01. The lowest BCUT2D eigenvalue weighted by atomic mass is 10.1. The molecule has 2 unspecified atom stereocenters. The monoisotopic (exact) mass is 175 g/mol. The van der Waals surface area contributed by atoms with Gasteiger partial charge in [0.25, 0.3) is 0 Å². The van der Waals surface area contributed by atoms with E-state index in [2.05, 4.69) is 29.3 Å². The van der Waals surface area contributed by atoms with Crippen molar-refractivity contribution >= 4 is 17.3 Å². The van der Waals surface area contributed by atoms with Gasteiger partial charge in [-0.15, -0.1) is 11.8 Å². The minimum atomic E-state index is 0.464. The maximum Gasteiger partial charge on any atom is 0.0883 e. The summed E-state index contributed by atoms with van der Waals surface area (Å²) in [6.07, 6.45) is 1.20. The number of nitrogens with zero attached hydrogens (tertiary/aromatic N) is 1. The molecule has 0 radical (unpaired) electrons. The first-order chi connectivity index (χ1) is 5.95. The summed E-state index contributed by atoms with van der Waals surface area (Å²) < 4.78 is 0. The van der Waals surface area contributed by atoms with Crippen LogP contribution in [0.5, 0.6) is 0 Å². The second kappa shape index (κ2) is 2.36. The van der Waals surface area contributed by atoms with Crippen LogP contribution >= 0.6 is 11.8 Å². The van der Waals surface area contributed by atoms with Crippen molar-refractivity contribution in [3.8, 4) is 0 Å². The number of rotatable bonds is 0. The van der Waals surface area contributed by atoms with Gasteiger partial charge in [0.15, 0.2) is 0 Å². The maximum atomic E-state index is 4.48. The third kappa shape index (κ3) is 0.787. The highest BCUT2D eigenvalue weighted by molar-refractivity contribution is 8.12. The van der Waals surface area contributed by atoms with Gasteiger partial charge in [0, 0.05) is 5.25 Å². The average Bonchev–Trinajstić information content (AvgIpc) is 2.62. The van der Waals surface area contributed by atoms with Crippen LogP contribution in [0, 0.1) is 0 Å². The number of aliphatic imine (C=N–C) groups is 1. The molecule has 0 bridgehead atoms. The first-order valence-electron chi connectivity index (χ1n) is 4.20. The summed E-state index contributed by atoms with van der Waals surface area (Å²) >= 11 is 1.88. The van der Waals surface area contributed by atoms with Crippen molar-refractivity contribution in [3.05, 3.63) is 35.4 Å². The molecule has 0 aromatic heterocycles. The van der Waals surface area contributed by atoms with Gasteiger partial charge >= 0.3 is 0 Å². The summed E-state index contributed by atoms with van der Waals surface area (Å²) in [5.41, 5.74) is 4.95. The van der Waals surface area contributed by atoms with Gasteiger partial charge < -0.3 is 0 Å². The Labute approximate surface area is 75.9 Å². The van der Waals surface area contributed by atoms with Gasteiger partial charge in [-0.1, -0.05) is 24.3 Å². The third-order valence-corrected chi connectivity index (χ3v) is 3.62. The molecule has 1 aromatic carbocycles. The summed E-state index contributed by atoms with van der Waals surface area (Å²) in [6.45, 7) is 0. The highest BCUT2D eigenvalue weighted by atomic mass is 32.2. The predicted molar refractivity (Wildman–Crippen MR) is 52.8 cm³/mol. The topological polar surface area (TPSA) is 12.4 Å². The van der Waals surface area contributed by atoms with Crippen molar-refractivity contribution in [2.24, 2.45) is 4.99 Å². The quantitative estimate of drug-likeness (QED) is 0.590. The summed E-state index contributed by atoms with van der Waals surface area (Å²) in [5, 5.41) is 0.697. The Hall–Kier alpha value is -0.760. The van der Waals surface area contributed by atoms with Crippen LogP contribution in [0.25, 0.3) is 0 Å². The normalized spacial score (nSPS) is 30.3. The predicted octanol–water partition coefficient (Wildman–Crippen LogP) is 2.43. The van der Waals surface area contributed by atoms with E-state index < -0.39 is 0 Å². The van der Waals surface area contributed by atoms with Gasteiger partial charge in [-0.05, 0) is 17.5 Å². The van der Waals surface area contributed by atoms with E-state index >= 15 is 0 Å². The Balaban J connectivity index is 2.14. The fourth-order valence-corrected chi connectivity index (χ4v) is 3.01. The minimum absolute atomic E-state index is 0.464. The molecule has 1 nitrogen and oxygen atoms in total. The smallest absolute Gasteiger partial charge is 0.0883 e. The zero-order valence-corrected chi connectivity index (χ0v) is 7.42. The fraction of sp³-hybridized carbons (Fsp3) is 0.300. The van der Waals surface area contributed by atoms with E-state index in [-0.39, 0.29) is 0 Å². The molecular formula is C10H9NS. The van der Waals surface area contributed by atoms with E-state index in [4.69, 9.17) is 0 Å². The van der Waals surface area contributed by atoms with Gasteiger partial charge in [0.2, 0.25) is 0 Å². The van der Waals surface area contributed by atoms with E-state index in [0.717, 1.165) is 0 Å². The van der Waals surface area contributed by atoms with Crippen molar-refractivity contribution in [2.75, 3.05) is 0 Å². The Morgan fingerprint density at radius 1 is 1.33 bits per heavy atom. The van der Waals surface area contributed by atoms with Crippen LogP contribution in [0.15, 0.2) is 29.3 Å². The van der Waals surface area contributed by atoms with E-state index in [0.29, 0.717) is 11.3 Å². The van der Waals surface area contributed by atoms with Crippen LogP contribution in [-0.4, -0.2) is 10.8 Å². The zero-order chi connectivity index (χ0) is 7.97. The molecule has 2 aliphatic rings. The van der Waals surface area contributed by atoms with Crippen molar-refractivity contribution in [3.63, 3.8) is 0 Å². The molecule has 0 N–H and O–H groups in total. The fourth-order valence-electron chi connectivity index (χ4n) is 2.01. The summed E-state index contributed by atoms with van der Waals surface area (Å²) in [5.74, 6) is 0. The van der Waals surface area contributed by atoms with Crippen molar-refractivity contribution in [1.82, 2.24) is 0 Å². The first-order valence-corrected chi connectivity index (χ1v) is 5.14. The molecule has 3 rings (SSSR count). The Morgan fingerprint density at radius 2 is 2.25 bits per heavy atom. The van der Waals surface area contributed by atoms with Crippen LogP contribution in [0.2, 0.25) is 0 Å². The van der Waals surface area contributed by atoms with Crippen molar-refractivity contribution in [2.45, 2.75) is 17.7 Å². The van der Waals surface area contributed by atoms with Crippen LogP contribution < -0.4 is 0 Å². The molecule has 12 heavy (non-hydrogen) atoms. The highest BCUT2D eigenvalue weighted by Gasteiger charge is 2.34. The van der Waals surface area contributed by atoms with E-state index in [1.807, 2.05) is 17.3 Å². The van der Waals surface area contributed by atoms with Crippen molar-refractivity contribution < 1.29 is 0 Å². The highest BCUT2D eigenvalue weighted by Crippen LogP contribution is 2.43. The van der Waals surface area contributed by atoms with E-state index in [9.17, 15) is 0 Å². The lowest BCUT2D eigenvalue weighted by molar-refractivity contribution is 0.752. The second-order valence-corrected chi connectivity index (χ2v) is 4.37.